The van der Waals surface area contributed by atoms with Crippen molar-refractivity contribution in [2.75, 3.05) is 6.61 Å². The molecular formula is C16H24O6. The zero-order chi connectivity index (χ0) is 16.9. The number of carbonyl (C=O) groups excluding carboxylic acids is 2. The second kappa shape index (κ2) is 8.10. The van der Waals surface area contributed by atoms with Gasteiger partial charge in [0.2, 0.25) is 0 Å². The molecule has 0 radical (unpaired) electrons. The van der Waals surface area contributed by atoms with E-state index in [9.17, 15) is 14.7 Å². The first-order valence-corrected chi connectivity index (χ1v) is 7.29. The van der Waals surface area contributed by atoms with Crippen LogP contribution in [-0.2, 0) is 23.8 Å². The maximum atomic E-state index is 11.9. The van der Waals surface area contributed by atoms with E-state index in [0.29, 0.717) is 11.1 Å². The molecule has 1 rings (SSSR count). The van der Waals surface area contributed by atoms with Gasteiger partial charge < -0.3 is 19.3 Å². The van der Waals surface area contributed by atoms with Crippen LogP contribution in [-0.4, -0.2) is 48.1 Å². The Bertz CT molecular complexity index is 435. The van der Waals surface area contributed by atoms with Crippen LogP contribution in [0.5, 0.6) is 0 Å². The summed E-state index contributed by atoms with van der Waals surface area (Å²) in [5.41, 5.74) is 0.850. The lowest BCUT2D eigenvalue weighted by molar-refractivity contribution is -0.213. The molecule has 22 heavy (non-hydrogen) atoms. The molecule has 124 valence electrons. The number of carbonyl (C=O) groups is 2. The summed E-state index contributed by atoms with van der Waals surface area (Å²) in [6.07, 6.45) is -0.116. The van der Waals surface area contributed by atoms with Gasteiger partial charge >= 0.3 is 11.9 Å². The molecule has 1 saturated heterocycles. The number of ether oxygens (including phenoxy) is 3. The first-order chi connectivity index (χ1) is 10.3. The molecule has 4 atom stereocenters. The van der Waals surface area contributed by atoms with Crippen LogP contribution >= 0.6 is 0 Å². The standard InChI is InChI=1S/C16H24O6/c1-6-9(3)15(18)21-13-11(5)20-8-12(17)14(13)22-16(19)10(4)7-2/h6-7,11-14,17H,8H2,1-5H3/b9-6-,10-7-/t11?,12-,13+,14?/m1/s1. The van der Waals surface area contributed by atoms with Gasteiger partial charge in [0.15, 0.2) is 12.2 Å². The Morgan fingerprint density at radius 2 is 1.50 bits per heavy atom. The molecule has 0 bridgehead atoms. The summed E-state index contributed by atoms with van der Waals surface area (Å²) in [6.45, 7) is 8.40. The molecule has 1 heterocycles. The van der Waals surface area contributed by atoms with Crippen LogP contribution in [0.4, 0.5) is 0 Å². The van der Waals surface area contributed by atoms with Gasteiger partial charge in [-0.3, -0.25) is 0 Å². The number of esters is 2. The van der Waals surface area contributed by atoms with Gasteiger partial charge in [-0.15, -0.1) is 0 Å². The van der Waals surface area contributed by atoms with Crippen LogP contribution in [0.2, 0.25) is 0 Å². The highest BCUT2D eigenvalue weighted by molar-refractivity contribution is 5.88. The Labute approximate surface area is 130 Å². The van der Waals surface area contributed by atoms with Crippen LogP contribution in [0.3, 0.4) is 0 Å². The first-order valence-electron chi connectivity index (χ1n) is 7.29. The van der Waals surface area contributed by atoms with Crippen molar-refractivity contribution in [2.24, 2.45) is 0 Å². The van der Waals surface area contributed by atoms with Crippen LogP contribution < -0.4 is 0 Å². The maximum Gasteiger partial charge on any atom is 0.333 e. The fourth-order valence-corrected chi connectivity index (χ4v) is 1.90. The van der Waals surface area contributed by atoms with Gasteiger partial charge in [0.25, 0.3) is 0 Å². The number of rotatable bonds is 4. The molecular weight excluding hydrogens is 288 g/mol. The molecule has 0 amide bonds. The van der Waals surface area contributed by atoms with Crippen molar-refractivity contribution in [3.8, 4) is 0 Å². The highest BCUT2D eigenvalue weighted by atomic mass is 16.6. The van der Waals surface area contributed by atoms with Crippen molar-refractivity contribution in [1.29, 1.82) is 0 Å². The zero-order valence-electron chi connectivity index (χ0n) is 13.7. The van der Waals surface area contributed by atoms with E-state index in [4.69, 9.17) is 14.2 Å². The largest absolute Gasteiger partial charge is 0.452 e. The number of allylic oxidation sites excluding steroid dienone is 2. The molecule has 0 aromatic carbocycles. The van der Waals surface area contributed by atoms with Crippen molar-refractivity contribution < 1.29 is 28.9 Å². The van der Waals surface area contributed by atoms with Crippen LogP contribution in [0, 0.1) is 0 Å². The molecule has 0 aliphatic carbocycles. The predicted octanol–water partition coefficient (Wildman–Crippen LogP) is 1.52. The topological polar surface area (TPSA) is 82.1 Å². The Morgan fingerprint density at radius 3 is 1.95 bits per heavy atom. The number of hydrogen-bond acceptors (Lipinski definition) is 6. The van der Waals surface area contributed by atoms with Gasteiger partial charge in [-0.2, -0.15) is 0 Å². The maximum absolute atomic E-state index is 11.9. The highest BCUT2D eigenvalue weighted by Gasteiger charge is 2.43. The van der Waals surface area contributed by atoms with Gasteiger partial charge in [0.1, 0.15) is 6.10 Å². The third kappa shape index (κ3) is 4.42. The average molecular weight is 312 g/mol. The van der Waals surface area contributed by atoms with E-state index in [0.717, 1.165) is 0 Å². The van der Waals surface area contributed by atoms with Gasteiger partial charge in [-0.05, 0) is 34.6 Å². The van der Waals surface area contributed by atoms with E-state index < -0.39 is 36.4 Å². The van der Waals surface area contributed by atoms with Crippen molar-refractivity contribution in [3.05, 3.63) is 23.3 Å². The van der Waals surface area contributed by atoms with Gasteiger partial charge in [0.05, 0.1) is 12.7 Å². The minimum Gasteiger partial charge on any atom is -0.452 e. The monoisotopic (exact) mass is 312 g/mol. The fraction of sp³-hybridized carbons (Fsp3) is 0.625. The van der Waals surface area contributed by atoms with E-state index in [1.54, 1.807) is 46.8 Å². The molecule has 6 nitrogen and oxygen atoms in total. The third-order valence-electron chi connectivity index (χ3n) is 3.69. The molecule has 1 aliphatic heterocycles. The van der Waals surface area contributed by atoms with E-state index in [2.05, 4.69) is 0 Å². The molecule has 0 saturated carbocycles. The minimum absolute atomic E-state index is 0.0185. The number of hydrogen-bond donors (Lipinski definition) is 1. The zero-order valence-corrected chi connectivity index (χ0v) is 13.7. The summed E-state index contributed by atoms with van der Waals surface area (Å²) >= 11 is 0. The lowest BCUT2D eigenvalue weighted by Crippen LogP contribution is -2.55. The Balaban J connectivity index is 2.92. The van der Waals surface area contributed by atoms with Crippen molar-refractivity contribution >= 4 is 11.9 Å². The normalized spacial score (nSPS) is 29.9. The summed E-state index contributed by atoms with van der Waals surface area (Å²) in [5.74, 6) is -1.08. The summed E-state index contributed by atoms with van der Waals surface area (Å²) in [7, 11) is 0. The van der Waals surface area contributed by atoms with E-state index >= 15 is 0 Å². The Morgan fingerprint density at radius 1 is 1.05 bits per heavy atom. The average Bonchev–Trinajstić information content (AvgIpc) is 2.51. The Kier molecular flexibility index (Phi) is 6.77. The van der Waals surface area contributed by atoms with Gasteiger partial charge in [-0.25, -0.2) is 9.59 Å². The molecule has 0 spiro atoms. The van der Waals surface area contributed by atoms with Crippen LogP contribution in [0.1, 0.15) is 34.6 Å². The smallest absolute Gasteiger partial charge is 0.333 e. The second-order valence-electron chi connectivity index (χ2n) is 5.29. The summed E-state index contributed by atoms with van der Waals surface area (Å²) in [4.78, 5) is 23.9. The van der Waals surface area contributed by atoms with Crippen molar-refractivity contribution in [1.82, 2.24) is 0 Å². The molecule has 6 heteroatoms. The number of aliphatic hydroxyl groups is 1. The van der Waals surface area contributed by atoms with E-state index in [-0.39, 0.29) is 6.61 Å². The van der Waals surface area contributed by atoms with Crippen molar-refractivity contribution in [2.45, 2.75) is 59.0 Å². The second-order valence-corrected chi connectivity index (χ2v) is 5.29. The van der Waals surface area contributed by atoms with E-state index in [1.807, 2.05) is 0 Å². The van der Waals surface area contributed by atoms with Crippen molar-refractivity contribution in [3.63, 3.8) is 0 Å². The summed E-state index contributed by atoms with van der Waals surface area (Å²) in [6, 6.07) is 0. The molecule has 0 aromatic rings. The molecule has 2 unspecified atom stereocenters. The van der Waals surface area contributed by atoms with Gasteiger partial charge in [-0.1, -0.05) is 12.2 Å². The van der Waals surface area contributed by atoms with E-state index in [1.165, 1.54) is 0 Å². The quantitative estimate of drug-likeness (QED) is 0.626. The third-order valence-corrected chi connectivity index (χ3v) is 3.69. The van der Waals surface area contributed by atoms with Crippen LogP contribution in [0.15, 0.2) is 23.3 Å². The minimum atomic E-state index is -1.05. The molecule has 1 N–H and O–H groups in total. The lowest BCUT2D eigenvalue weighted by Gasteiger charge is -2.38. The highest BCUT2D eigenvalue weighted by Crippen LogP contribution is 2.23. The predicted molar refractivity (Wildman–Crippen MR) is 80.0 cm³/mol. The first kappa shape index (κ1) is 18.4. The van der Waals surface area contributed by atoms with Gasteiger partial charge in [0, 0.05) is 11.1 Å². The SMILES string of the molecule is C/C=C(/C)C(=O)OC1[C@@H](OC(=O)/C(C)=C\C)C(C)OC[C@H]1O. The van der Waals surface area contributed by atoms with Crippen LogP contribution in [0.25, 0.3) is 0 Å². The molecule has 1 fully saturated rings. The fourth-order valence-electron chi connectivity index (χ4n) is 1.90. The molecule has 0 aromatic heterocycles. The summed E-state index contributed by atoms with van der Waals surface area (Å²) < 4.78 is 16.0. The number of aliphatic hydroxyl groups excluding tert-OH is 1. The Hall–Kier alpha value is -1.66. The summed E-state index contributed by atoms with van der Waals surface area (Å²) in [5, 5.41) is 10.0. The lowest BCUT2D eigenvalue weighted by atomic mass is 10.0. The molecule has 1 aliphatic rings.